The average Bonchev–Trinajstić information content (AvgIpc) is 3.40. The number of amides is 2. The molecule has 0 bridgehead atoms. The molecule has 0 aliphatic rings. The topological polar surface area (TPSA) is 82.7 Å². The lowest BCUT2D eigenvalue weighted by Crippen LogP contribution is -2.27. The number of carbonyl (C=O) groups excluding carboxylic acids is 1. The summed E-state index contributed by atoms with van der Waals surface area (Å²) in [5.74, 6) is -0.269. The van der Waals surface area contributed by atoms with Crippen LogP contribution in [0.4, 0.5) is 14.9 Å². The van der Waals surface area contributed by atoms with Gasteiger partial charge in [-0.25, -0.2) is 14.2 Å². The molecule has 2 aromatic heterocycles. The van der Waals surface area contributed by atoms with Crippen LogP contribution in [0.2, 0.25) is 0 Å². The number of nitrogens with zero attached hydrogens (tertiary/aromatic N) is 2. The zero-order chi connectivity index (χ0) is 20.1. The van der Waals surface area contributed by atoms with Crippen LogP contribution in [-0.2, 0) is 13.0 Å². The highest BCUT2D eigenvalue weighted by molar-refractivity contribution is 7.10. The molecule has 0 spiro atoms. The van der Waals surface area contributed by atoms with Crippen LogP contribution in [0, 0.1) is 5.82 Å². The molecule has 4 aromatic rings. The number of anilines is 1. The monoisotopic (exact) mass is 407 g/mol. The van der Waals surface area contributed by atoms with Gasteiger partial charge in [-0.1, -0.05) is 24.3 Å². The molecule has 3 N–H and O–H groups in total. The summed E-state index contributed by atoms with van der Waals surface area (Å²) in [5, 5.41) is 15.0. The van der Waals surface area contributed by atoms with E-state index in [9.17, 15) is 9.18 Å². The number of thiazole rings is 1. The number of halogens is 1. The minimum Gasteiger partial charge on any atom is -0.334 e. The van der Waals surface area contributed by atoms with E-state index in [4.69, 9.17) is 0 Å². The Kier molecular flexibility index (Phi) is 5.62. The van der Waals surface area contributed by atoms with E-state index in [1.165, 1.54) is 12.1 Å². The van der Waals surface area contributed by atoms with Crippen molar-refractivity contribution in [3.63, 3.8) is 0 Å². The summed E-state index contributed by atoms with van der Waals surface area (Å²) in [4.78, 5) is 16.6. The molecule has 8 heteroatoms. The maximum Gasteiger partial charge on any atom is 0.319 e. The van der Waals surface area contributed by atoms with Gasteiger partial charge in [0.1, 0.15) is 5.82 Å². The quantitative estimate of drug-likeness (QED) is 0.437. The summed E-state index contributed by atoms with van der Waals surface area (Å²) in [6.45, 7) is 0.401. The molecular formula is C21H18FN5OS. The number of nitrogens with one attached hydrogen (secondary N) is 3. The van der Waals surface area contributed by atoms with E-state index < -0.39 is 0 Å². The number of benzene rings is 2. The van der Waals surface area contributed by atoms with Gasteiger partial charge in [-0.15, -0.1) is 11.3 Å². The fourth-order valence-corrected chi connectivity index (χ4v) is 3.62. The molecule has 0 radical (unpaired) electrons. The Morgan fingerprint density at radius 1 is 1.14 bits per heavy atom. The second kappa shape index (κ2) is 8.66. The smallest absolute Gasteiger partial charge is 0.319 e. The van der Waals surface area contributed by atoms with Gasteiger partial charge in [-0.2, -0.15) is 5.10 Å². The molecule has 29 heavy (non-hydrogen) atoms. The van der Waals surface area contributed by atoms with Gasteiger partial charge in [0.25, 0.3) is 0 Å². The van der Waals surface area contributed by atoms with Gasteiger partial charge in [0, 0.05) is 41.4 Å². The molecule has 0 aliphatic carbocycles. The molecule has 0 unspecified atom stereocenters. The Morgan fingerprint density at radius 3 is 2.76 bits per heavy atom. The van der Waals surface area contributed by atoms with Crippen LogP contribution in [-0.4, -0.2) is 21.2 Å². The van der Waals surface area contributed by atoms with Crippen molar-refractivity contribution in [2.45, 2.75) is 13.0 Å². The Balaban J connectivity index is 1.33. The third kappa shape index (κ3) is 5.05. The molecule has 2 heterocycles. The van der Waals surface area contributed by atoms with Gasteiger partial charge in [-0.05, 0) is 29.8 Å². The summed E-state index contributed by atoms with van der Waals surface area (Å²) in [6.07, 6.45) is 4.06. The predicted molar refractivity (Wildman–Crippen MR) is 111 cm³/mol. The van der Waals surface area contributed by atoms with Gasteiger partial charge in [-0.3, -0.25) is 5.10 Å². The average molecular weight is 407 g/mol. The number of H-pyrrole nitrogens is 1. The fraction of sp³-hybridized carbons (Fsp3) is 0.0952. The molecule has 4 rings (SSSR count). The summed E-state index contributed by atoms with van der Waals surface area (Å²) >= 11 is 1.54. The van der Waals surface area contributed by atoms with Crippen LogP contribution in [0.5, 0.6) is 0 Å². The number of hydrogen-bond acceptors (Lipinski definition) is 4. The molecule has 2 amide bonds. The van der Waals surface area contributed by atoms with Crippen LogP contribution in [0.3, 0.4) is 0 Å². The van der Waals surface area contributed by atoms with E-state index in [2.05, 4.69) is 25.8 Å². The van der Waals surface area contributed by atoms with Gasteiger partial charge >= 0.3 is 6.03 Å². The van der Waals surface area contributed by atoms with Gasteiger partial charge in [0.05, 0.1) is 16.9 Å². The Morgan fingerprint density at radius 2 is 2.00 bits per heavy atom. The zero-order valence-corrected chi connectivity index (χ0v) is 16.2. The molecule has 2 aromatic carbocycles. The summed E-state index contributed by atoms with van der Waals surface area (Å²) in [6, 6.07) is 13.8. The van der Waals surface area contributed by atoms with Gasteiger partial charge in [0.2, 0.25) is 0 Å². The lowest BCUT2D eigenvalue weighted by atomic mass is 10.1. The van der Waals surface area contributed by atoms with Crippen molar-refractivity contribution in [2.75, 3.05) is 5.32 Å². The van der Waals surface area contributed by atoms with Crippen LogP contribution < -0.4 is 10.6 Å². The third-order valence-electron chi connectivity index (χ3n) is 4.25. The number of aromatic nitrogens is 3. The van der Waals surface area contributed by atoms with E-state index in [-0.39, 0.29) is 11.8 Å². The van der Waals surface area contributed by atoms with Crippen molar-refractivity contribution >= 4 is 23.1 Å². The van der Waals surface area contributed by atoms with E-state index in [1.807, 2.05) is 35.7 Å². The standard InChI is InChI=1S/C21H18FN5OS/c22-17-3-1-2-16(9-17)19-13-29-20(27-19)8-14-4-6-18(7-5-14)26-21(28)23-10-15-11-24-25-12-15/h1-7,9,11-13H,8,10H2,(H,24,25)(H2,23,26,28). The highest BCUT2D eigenvalue weighted by Crippen LogP contribution is 2.24. The minimum atomic E-state index is -0.279. The van der Waals surface area contributed by atoms with Crippen LogP contribution in [0.15, 0.2) is 66.3 Å². The largest absolute Gasteiger partial charge is 0.334 e. The molecule has 146 valence electrons. The molecule has 0 aliphatic heterocycles. The first-order valence-corrected chi connectivity index (χ1v) is 9.85. The summed E-state index contributed by atoms with van der Waals surface area (Å²) in [7, 11) is 0. The van der Waals surface area contributed by atoms with Crippen molar-refractivity contribution in [1.82, 2.24) is 20.5 Å². The lowest BCUT2D eigenvalue weighted by Gasteiger charge is -2.07. The van der Waals surface area contributed by atoms with Crippen molar-refractivity contribution in [3.05, 3.63) is 88.3 Å². The number of rotatable bonds is 6. The number of urea groups is 1. The lowest BCUT2D eigenvalue weighted by molar-refractivity contribution is 0.251. The molecule has 6 nitrogen and oxygen atoms in total. The predicted octanol–water partition coefficient (Wildman–Crippen LogP) is 4.58. The first-order chi connectivity index (χ1) is 14.2. The number of hydrogen-bond donors (Lipinski definition) is 3. The fourth-order valence-electron chi connectivity index (χ4n) is 2.78. The van der Waals surface area contributed by atoms with Crippen molar-refractivity contribution < 1.29 is 9.18 Å². The normalized spacial score (nSPS) is 10.7. The molecular weight excluding hydrogens is 389 g/mol. The van der Waals surface area contributed by atoms with Crippen LogP contribution in [0.1, 0.15) is 16.1 Å². The zero-order valence-electron chi connectivity index (χ0n) is 15.4. The van der Waals surface area contributed by atoms with Crippen LogP contribution >= 0.6 is 11.3 Å². The molecule has 0 saturated heterocycles. The summed E-state index contributed by atoms with van der Waals surface area (Å²) < 4.78 is 13.4. The third-order valence-corrected chi connectivity index (χ3v) is 5.10. The Labute approximate surface area is 170 Å². The van der Waals surface area contributed by atoms with E-state index >= 15 is 0 Å². The summed E-state index contributed by atoms with van der Waals surface area (Å²) in [5.41, 5.74) is 4.23. The highest BCUT2D eigenvalue weighted by Gasteiger charge is 2.07. The molecule has 0 fully saturated rings. The van der Waals surface area contributed by atoms with Gasteiger partial charge in [0.15, 0.2) is 0 Å². The highest BCUT2D eigenvalue weighted by atomic mass is 32.1. The van der Waals surface area contributed by atoms with Crippen LogP contribution in [0.25, 0.3) is 11.3 Å². The van der Waals surface area contributed by atoms with Crippen molar-refractivity contribution in [1.29, 1.82) is 0 Å². The number of carbonyl (C=O) groups is 1. The Bertz CT molecular complexity index is 1090. The Hall–Kier alpha value is -3.52. The second-order valence-electron chi connectivity index (χ2n) is 6.42. The van der Waals surface area contributed by atoms with E-state index in [1.54, 1.807) is 29.8 Å². The van der Waals surface area contributed by atoms with Crippen molar-refractivity contribution in [3.8, 4) is 11.3 Å². The van der Waals surface area contributed by atoms with Gasteiger partial charge < -0.3 is 10.6 Å². The van der Waals surface area contributed by atoms with E-state index in [0.29, 0.717) is 18.7 Å². The maximum atomic E-state index is 13.4. The van der Waals surface area contributed by atoms with E-state index in [0.717, 1.165) is 27.4 Å². The first kappa shape index (κ1) is 18.8. The van der Waals surface area contributed by atoms with Crippen molar-refractivity contribution in [2.24, 2.45) is 0 Å². The first-order valence-electron chi connectivity index (χ1n) is 8.97. The number of aromatic amines is 1. The molecule has 0 atom stereocenters. The SMILES string of the molecule is O=C(NCc1cn[nH]c1)Nc1ccc(Cc2nc(-c3cccc(F)c3)cs2)cc1. The minimum absolute atomic E-state index is 0.269. The maximum absolute atomic E-state index is 13.4. The molecule has 0 saturated carbocycles. The second-order valence-corrected chi connectivity index (χ2v) is 7.37.